The molecule has 1 aliphatic heterocycles. The Morgan fingerprint density at radius 2 is 1.79 bits per heavy atom. The largest absolute Gasteiger partial charge is 0.465 e. The van der Waals surface area contributed by atoms with Crippen molar-refractivity contribution in [2.24, 2.45) is 0 Å². The molecule has 0 radical (unpaired) electrons. The van der Waals surface area contributed by atoms with Crippen LogP contribution >= 0.6 is 0 Å². The molecule has 3 atom stereocenters. The Hall–Kier alpha value is -3.14. The predicted octanol–water partition coefficient (Wildman–Crippen LogP) is 0.363. The Morgan fingerprint density at radius 3 is 2.45 bits per heavy atom. The molecule has 1 heterocycles. The predicted molar refractivity (Wildman–Crippen MR) is 130 cm³/mol. The van der Waals surface area contributed by atoms with Gasteiger partial charge in [-0.1, -0.05) is 30.3 Å². The molecule has 1 aromatic carbocycles. The molecule has 2 rings (SSSR count). The Bertz CT molecular complexity index is 917. The maximum Gasteiger partial charge on any atom is 0.331 e. The van der Waals surface area contributed by atoms with Gasteiger partial charge in [-0.25, -0.2) is 19.3 Å². The number of aryl methyl sites for hydroxylation is 1. The quantitative estimate of drug-likeness (QED) is 0.150. The summed E-state index contributed by atoms with van der Waals surface area (Å²) < 4.78 is 15.5. The van der Waals surface area contributed by atoms with Crippen molar-refractivity contribution in [3.8, 4) is 0 Å². The zero-order chi connectivity index (χ0) is 28.1. The first-order chi connectivity index (χ1) is 18.1. The van der Waals surface area contributed by atoms with Crippen LogP contribution < -0.4 is 5.32 Å². The van der Waals surface area contributed by atoms with E-state index in [1.165, 1.54) is 18.9 Å². The van der Waals surface area contributed by atoms with Gasteiger partial charge in [0.2, 0.25) is 5.91 Å². The van der Waals surface area contributed by atoms with Crippen LogP contribution in [0.25, 0.3) is 0 Å². The molecular formula is C24H36N4O10. The van der Waals surface area contributed by atoms with Crippen molar-refractivity contribution in [3.63, 3.8) is 0 Å². The fourth-order valence-corrected chi connectivity index (χ4v) is 3.79. The van der Waals surface area contributed by atoms with E-state index >= 15 is 0 Å². The van der Waals surface area contributed by atoms with Crippen LogP contribution in [-0.2, 0) is 39.9 Å². The second kappa shape index (κ2) is 16.0. The van der Waals surface area contributed by atoms with Crippen molar-refractivity contribution in [2.75, 3.05) is 46.6 Å². The molecule has 0 bridgehead atoms. The van der Waals surface area contributed by atoms with E-state index in [4.69, 9.17) is 24.6 Å². The van der Waals surface area contributed by atoms with Crippen LogP contribution in [0.4, 0.5) is 4.79 Å². The molecule has 0 aromatic heterocycles. The van der Waals surface area contributed by atoms with Crippen LogP contribution in [0, 0.1) is 0 Å². The smallest absolute Gasteiger partial charge is 0.331 e. The number of likely N-dealkylation sites (N-methyl/N-ethyl adjacent to an activating group) is 1. The number of imide groups is 1. The topological polar surface area (TPSA) is 167 Å². The number of hydrogen-bond donors (Lipinski definition) is 3. The minimum absolute atomic E-state index is 0.000474. The van der Waals surface area contributed by atoms with Crippen molar-refractivity contribution in [1.82, 2.24) is 20.5 Å². The number of carbonyl (C=O) groups excluding carboxylic acids is 4. The van der Waals surface area contributed by atoms with Crippen molar-refractivity contribution < 1.29 is 48.6 Å². The number of urea groups is 1. The van der Waals surface area contributed by atoms with E-state index < -0.39 is 47.4 Å². The van der Waals surface area contributed by atoms with Gasteiger partial charge in [0.05, 0.1) is 44.4 Å². The first-order valence-corrected chi connectivity index (χ1v) is 12.3. The van der Waals surface area contributed by atoms with E-state index in [9.17, 15) is 19.2 Å². The third-order valence-corrected chi connectivity index (χ3v) is 5.66. The van der Waals surface area contributed by atoms with Crippen molar-refractivity contribution >= 4 is 23.9 Å². The van der Waals surface area contributed by atoms with E-state index in [2.05, 4.69) is 10.2 Å². The van der Waals surface area contributed by atoms with Crippen LogP contribution in [-0.4, -0.2) is 114 Å². The average molecular weight is 541 g/mol. The molecule has 1 saturated heterocycles. The molecule has 212 valence electrons. The van der Waals surface area contributed by atoms with Gasteiger partial charge in [-0.05, 0) is 32.3 Å². The van der Waals surface area contributed by atoms with Gasteiger partial charge in [-0.15, -0.1) is 0 Å². The van der Waals surface area contributed by atoms with E-state index in [1.807, 2.05) is 30.3 Å². The van der Waals surface area contributed by atoms with Gasteiger partial charge in [0.15, 0.2) is 6.04 Å². The van der Waals surface area contributed by atoms with E-state index in [1.54, 1.807) is 6.92 Å². The highest BCUT2D eigenvalue weighted by Gasteiger charge is 2.46. The van der Waals surface area contributed by atoms with Crippen LogP contribution in [0.1, 0.15) is 25.8 Å². The Labute approximate surface area is 220 Å². The number of carbonyl (C=O) groups is 4. The summed E-state index contributed by atoms with van der Waals surface area (Å²) in [5, 5.41) is 19.4. The van der Waals surface area contributed by atoms with Crippen molar-refractivity contribution in [3.05, 3.63) is 35.9 Å². The molecule has 14 heteroatoms. The number of ether oxygens (including phenoxy) is 3. The Morgan fingerprint density at radius 1 is 1.11 bits per heavy atom. The lowest BCUT2D eigenvalue weighted by atomic mass is 10.0. The summed E-state index contributed by atoms with van der Waals surface area (Å²) in [6, 6.07) is 5.93. The lowest BCUT2D eigenvalue weighted by Crippen LogP contribution is -2.55. The molecule has 3 N–H and O–H groups in total. The highest BCUT2D eigenvalue weighted by molar-refractivity contribution is 6.03. The first-order valence-electron chi connectivity index (χ1n) is 12.3. The van der Waals surface area contributed by atoms with Crippen LogP contribution in [0.2, 0.25) is 0 Å². The van der Waals surface area contributed by atoms with Gasteiger partial charge in [-0.2, -0.15) is 0 Å². The highest BCUT2D eigenvalue weighted by Crippen LogP contribution is 2.18. The number of nitrogens with one attached hydrogen (secondary N) is 1. The fraction of sp³-hybridized carbons (Fsp3) is 0.583. The van der Waals surface area contributed by atoms with Gasteiger partial charge < -0.3 is 19.1 Å². The van der Waals surface area contributed by atoms with E-state index in [0.717, 1.165) is 10.5 Å². The zero-order valence-corrected chi connectivity index (χ0v) is 21.8. The lowest BCUT2D eigenvalue weighted by molar-refractivity contribution is -0.493. The minimum Gasteiger partial charge on any atom is -0.465 e. The summed E-state index contributed by atoms with van der Waals surface area (Å²) in [4.78, 5) is 57.7. The summed E-state index contributed by atoms with van der Waals surface area (Å²) in [5.41, 5.74) is 1.02. The highest BCUT2D eigenvalue weighted by atomic mass is 17.1. The van der Waals surface area contributed by atoms with E-state index in [0.29, 0.717) is 12.8 Å². The van der Waals surface area contributed by atoms with Crippen molar-refractivity contribution in [2.45, 2.75) is 44.8 Å². The monoisotopic (exact) mass is 540 g/mol. The normalized spacial score (nSPS) is 17.0. The lowest BCUT2D eigenvalue weighted by Gasteiger charge is -2.26. The number of rotatable bonds is 16. The summed E-state index contributed by atoms with van der Waals surface area (Å²) >= 11 is 0. The Balaban J connectivity index is 1.97. The second-order valence-corrected chi connectivity index (χ2v) is 8.47. The first kappa shape index (κ1) is 31.1. The minimum atomic E-state index is -1.17. The molecule has 1 aromatic rings. The summed E-state index contributed by atoms with van der Waals surface area (Å²) in [5.74, 6) is -1.98. The van der Waals surface area contributed by atoms with Crippen LogP contribution in [0.15, 0.2) is 30.3 Å². The molecule has 0 aliphatic carbocycles. The molecule has 3 amide bonds. The van der Waals surface area contributed by atoms with Gasteiger partial charge in [0.25, 0.3) is 0 Å². The number of esters is 2. The van der Waals surface area contributed by atoms with E-state index in [-0.39, 0.29) is 39.6 Å². The third kappa shape index (κ3) is 9.63. The molecule has 1 aliphatic rings. The number of nitrogens with zero attached hydrogens (tertiary/aromatic N) is 3. The Kier molecular flexibility index (Phi) is 13.1. The molecule has 38 heavy (non-hydrogen) atoms. The summed E-state index contributed by atoms with van der Waals surface area (Å²) in [6.07, 6.45) is 0.921. The third-order valence-electron chi connectivity index (χ3n) is 5.66. The van der Waals surface area contributed by atoms with Crippen LogP contribution in [0.5, 0.6) is 0 Å². The second-order valence-electron chi connectivity index (χ2n) is 8.47. The fourth-order valence-electron chi connectivity index (χ4n) is 3.79. The SMILES string of the molecule is CCOC(=O)C(CCc1ccccc1)NC(C)C(=O)N1C(=O)N(C)CC1C(=O)OCCOCCON(O)O. The molecule has 0 saturated carbocycles. The summed E-state index contributed by atoms with van der Waals surface area (Å²) in [7, 11) is 1.46. The molecule has 3 unspecified atom stereocenters. The maximum absolute atomic E-state index is 13.3. The van der Waals surface area contributed by atoms with Crippen molar-refractivity contribution in [1.29, 1.82) is 0 Å². The number of amides is 3. The molecular weight excluding hydrogens is 504 g/mol. The zero-order valence-electron chi connectivity index (χ0n) is 21.8. The van der Waals surface area contributed by atoms with Gasteiger partial charge in [0, 0.05) is 7.05 Å². The molecule has 14 nitrogen and oxygen atoms in total. The summed E-state index contributed by atoms with van der Waals surface area (Å²) in [6.45, 7) is 3.00. The molecule has 0 spiro atoms. The standard InChI is InChI=1S/C24H36N4O10/c1-4-36-22(30)19(11-10-18-8-6-5-7-9-18)25-17(2)21(29)27-20(16-26(3)24(27)32)23(31)37-14-12-35-13-15-38-28(33)34/h5-9,17,19-20,25,33-34H,4,10-16H2,1-3H3. The van der Waals surface area contributed by atoms with Crippen LogP contribution in [0.3, 0.4) is 0 Å². The van der Waals surface area contributed by atoms with Gasteiger partial charge >= 0.3 is 18.0 Å². The number of benzene rings is 1. The van der Waals surface area contributed by atoms with Gasteiger partial charge in [-0.3, -0.25) is 25.3 Å². The average Bonchev–Trinajstić information content (AvgIpc) is 3.19. The number of hydrogen-bond acceptors (Lipinski definition) is 12. The maximum atomic E-state index is 13.3. The van der Waals surface area contributed by atoms with Gasteiger partial charge in [0.1, 0.15) is 12.6 Å². The molecule has 1 fully saturated rings.